The van der Waals surface area contributed by atoms with Crippen LogP contribution in [-0.4, -0.2) is 35.0 Å². The molecule has 1 aromatic heterocycles. The summed E-state index contributed by atoms with van der Waals surface area (Å²) in [6.45, 7) is 1.80. The van der Waals surface area contributed by atoms with Crippen LogP contribution >= 0.6 is 11.6 Å². The van der Waals surface area contributed by atoms with E-state index in [1.807, 2.05) is 18.2 Å². The minimum atomic E-state index is -0.234. The van der Waals surface area contributed by atoms with Crippen molar-refractivity contribution in [2.45, 2.75) is 6.92 Å². The van der Waals surface area contributed by atoms with Gasteiger partial charge < -0.3 is 9.47 Å². The number of ether oxygens (including phenoxy) is 2. The second-order valence-electron chi connectivity index (χ2n) is 5.72. The fourth-order valence-corrected chi connectivity index (χ4v) is 2.72. The molecule has 0 atom stereocenters. The Morgan fingerprint density at radius 3 is 2.44 bits per heavy atom. The van der Waals surface area contributed by atoms with Crippen molar-refractivity contribution in [2.24, 2.45) is 0 Å². The van der Waals surface area contributed by atoms with Crippen LogP contribution in [0.25, 0.3) is 11.8 Å². The maximum absolute atomic E-state index is 12.5. The summed E-state index contributed by atoms with van der Waals surface area (Å²) in [4.78, 5) is 12.5. The fourth-order valence-electron chi connectivity index (χ4n) is 2.59. The second kappa shape index (κ2) is 8.05. The van der Waals surface area contributed by atoms with Gasteiger partial charge in [0.05, 0.1) is 25.6 Å². The predicted molar refractivity (Wildman–Crippen MR) is 104 cm³/mol. The molecular weight excluding hydrogens is 366 g/mol. The van der Waals surface area contributed by atoms with Gasteiger partial charge in [0.2, 0.25) is 5.78 Å². The van der Waals surface area contributed by atoms with Crippen molar-refractivity contribution >= 4 is 23.5 Å². The van der Waals surface area contributed by atoms with E-state index in [9.17, 15) is 4.79 Å². The number of methoxy groups -OCH3 is 2. The van der Waals surface area contributed by atoms with Gasteiger partial charge in [-0.2, -0.15) is 0 Å². The molecule has 0 bridgehead atoms. The van der Waals surface area contributed by atoms with E-state index < -0.39 is 0 Å². The molecule has 0 saturated carbocycles. The van der Waals surface area contributed by atoms with Crippen molar-refractivity contribution in [1.82, 2.24) is 15.0 Å². The smallest absolute Gasteiger partial charge is 0.208 e. The van der Waals surface area contributed by atoms with Gasteiger partial charge in [-0.1, -0.05) is 29.0 Å². The largest absolute Gasteiger partial charge is 0.493 e. The number of halogens is 1. The number of nitrogens with zero attached hydrogens (tertiary/aromatic N) is 3. The first kappa shape index (κ1) is 18.7. The van der Waals surface area contributed by atoms with Crippen LogP contribution in [0.5, 0.6) is 11.5 Å². The number of carbonyl (C=O) groups is 1. The normalized spacial score (nSPS) is 11.0. The van der Waals surface area contributed by atoms with Crippen molar-refractivity contribution in [3.63, 3.8) is 0 Å². The molecule has 7 heteroatoms. The van der Waals surface area contributed by atoms with Crippen molar-refractivity contribution in [2.75, 3.05) is 14.2 Å². The summed E-state index contributed by atoms with van der Waals surface area (Å²) >= 11 is 5.91. The summed E-state index contributed by atoms with van der Waals surface area (Å²) in [6.07, 6.45) is 3.16. The molecule has 0 aliphatic rings. The molecule has 3 aromatic rings. The van der Waals surface area contributed by atoms with E-state index >= 15 is 0 Å². The molecule has 2 aromatic carbocycles. The monoisotopic (exact) mass is 383 g/mol. The Labute approximate surface area is 162 Å². The van der Waals surface area contributed by atoms with Crippen LogP contribution in [0.2, 0.25) is 5.02 Å². The Morgan fingerprint density at radius 1 is 1.07 bits per heavy atom. The van der Waals surface area contributed by atoms with Crippen LogP contribution in [0.15, 0.2) is 48.5 Å². The highest BCUT2D eigenvalue weighted by Crippen LogP contribution is 2.28. The average molecular weight is 384 g/mol. The lowest BCUT2D eigenvalue weighted by molar-refractivity contribution is 0.104. The van der Waals surface area contributed by atoms with Crippen LogP contribution in [0, 0.1) is 6.92 Å². The van der Waals surface area contributed by atoms with Crippen molar-refractivity contribution in [1.29, 1.82) is 0 Å². The lowest BCUT2D eigenvalue weighted by Crippen LogP contribution is -2.01. The molecule has 0 spiro atoms. The number of benzene rings is 2. The van der Waals surface area contributed by atoms with E-state index in [4.69, 9.17) is 21.1 Å². The predicted octanol–water partition coefficient (Wildman–Crippen LogP) is 4.14. The van der Waals surface area contributed by atoms with E-state index in [1.54, 1.807) is 56.2 Å². The van der Waals surface area contributed by atoms with E-state index in [1.165, 1.54) is 6.08 Å². The molecule has 0 fully saturated rings. The zero-order valence-electron chi connectivity index (χ0n) is 15.1. The molecular formula is C20H18ClN3O3. The zero-order chi connectivity index (χ0) is 19.4. The molecule has 6 nitrogen and oxygen atoms in total. The van der Waals surface area contributed by atoms with E-state index in [0.29, 0.717) is 27.9 Å². The van der Waals surface area contributed by atoms with Gasteiger partial charge in [0.1, 0.15) is 0 Å². The van der Waals surface area contributed by atoms with Crippen molar-refractivity contribution in [3.8, 4) is 17.2 Å². The fraction of sp³-hybridized carbons (Fsp3) is 0.150. The Hall–Kier alpha value is -3.12. The first-order chi connectivity index (χ1) is 13.0. The minimum absolute atomic E-state index is 0.234. The van der Waals surface area contributed by atoms with Gasteiger partial charge >= 0.3 is 0 Å². The van der Waals surface area contributed by atoms with Crippen molar-refractivity contribution < 1.29 is 14.3 Å². The summed E-state index contributed by atoms with van der Waals surface area (Å²) in [5.74, 6) is 0.988. The van der Waals surface area contributed by atoms with Crippen molar-refractivity contribution in [3.05, 3.63) is 70.5 Å². The summed E-state index contributed by atoms with van der Waals surface area (Å²) in [6, 6.07) is 12.6. The van der Waals surface area contributed by atoms with Crippen LogP contribution in [0.4, 0.5) is 0 Å². The van der Waals surface area contributed by atoms with Gasteiger partial charge in [-0.3, -0.25) is 4.79 Å². The number of rotatable bonds is 6. The summed E-state index contributed by atoms with van der Waals surface area (Å²) in [5.41, 5.74) is 2.54. The molecule has 0 amide bonds. The SMILES string of the molecule is COc1ccc(/C=C/C(=O)c2nnn(-c3ccc(Cl)cc3)c2C)cc1OC. The first-order valence-corrected chi connectivity index (χ1v) is 8.54. The third kappa shape index (κ3) is 4.01. The molecule has 27 heavy (non-hydrogen) atoms. The third-order valence-electron chi connectivity index (χ3n) is 4.03. The molecule has 138 valence electrons. The quantitative estimate of drug-likeness (QED) is 0.472. The van der Waals surface area contributed by atoms with Gasteiger partial charge in [-0.05, 0) is 55.0 Å². The number of allylic oxidation sites excluding steroid dienone is 1. The van der Waals surface area contributed by atoms with Crippen LogP contribution in [0.3, 0.4) is 0 Å². The Bertz CT molecular complexity index is 994. The second-order valence-corrected chi connectivity index (χ2v) is 6.16. The van der Waals surface area contributed by atoms with Gasteiger partial charge in [-0.15, -0.1) is 5.10 Å². The minimum Gasteiger partial charge on any atom is -0.493 e. The number of carbonyl (C=O) groups excluding carboxylic acids is 1. The molecule has 3 rings (SSSR count). The van der Waals surface area contributed by atoms with Crippen LogP contribution in [0.1, 0.15) is 21.7 Å². The lowest BCUT2D eigenvalue weighted by Gasteiger charge is -2.07. The molecule has 0 N–H and O–H groups in total. The molecule has 0 unspecified atom stereocenters. The highest BCUT2D eigenvalue weighted by atomic mass is 35.5. The Kier molecular flexibility index (Phi) is 5.57. The summed E-state index contributed by atoms with van der Waals surface area (Å²) in [7, 11) is 3.14. The van der Waals surface area contributed by atoms with Gasteiger partial charge in [0, 0.05) is 5.02 Å². The lowest BCUT2D eigenvalue weighted by atomic mass is 10.1. The maximum Gasteiger partial charge on any atom is 0.208 e. The first-order valence-electron chi connectivity index (χ1n) is 8.16. The van der Waals surface area contributed by atoms with Crippen LogP contribution < -0.4 is 9.47 Å². The zero-order valence-corrected chi connectivity index (χ0v) is 15.9. The van der Waals surface area contributed by atoms with E-state index in [0.717, 1.165) is 11.3 Å². The number of hydrogen-bond acceptors (Lipinski definition) is 5. The number of aromatic nitrogens is 3. The molecule has 0 aliphatic heterocycles. The standard InChI is InChI=1S/C20H18ClN3O3/c1-13-20(22-23-24(13)16-8-6-15(21)7-9-16)17(25)10-4-14-5-11-18(26-2)19(12-14)27-3/h4-12H,1-3H3/b10-4+. The molecule has 0 aliphatic carbocycles. The number of hydrogen-bond donors (Lipinski definition) is 0. The number of ketones is 1. The topological polar surface area (TPSA) is 66.2 Å². The average Bonchev–Trinajstić information content (AvgIpc) is 3.08. The molecule has 0 radical (unpaired) electrons. The maximum atomic E-state index is 12.5. The summed E-state index contributed by atoms with van der Waals surface area (Å²) in [5, 5.41) is 8.73. The summed E-state index contributed by atoms with van der Waals surface area (Å²) < 4.78 is 12.1. The van der Waals surface area contributed by atoms with E-state index in [-0.39, 0.29) is 5.78 Å². The highest BCUT2D eigenvalue weighted by Gasteiger charge is 2.15. The molecule has 1 heterocycles. The third-order valence-corrected chi connectivity index (χ3v) is 4.29. The highest BCUT2D eigenvalue weighted by molar-refractivity contribution is 6.30. The van der Waals surface area contributed by atoms with Gasteiger partial charge in [-0.25, -0.2) is 4.68 Å². The van der Waals surface area contributed by atoms with Crippen LogP contribution in [-0.2, 0) is 0 Å². The Balaban J connectivity index is 1.83. The van der Waals surface area contributed by atoms with Gasteiger partial charge in [0.15, 0.2) is 17.2 Å². The van der Waals surface area contributed by atoms with Gasteiger partial charge in [0.25, 0.3) is 0 Å². The Morgan fingerprint density at radius 2 is 1.78 bits per heavy atom. The van der Waals surface area contributed by atoms with E-state index in [2.05, 4.69) is 10.3 Å². The molecule has 0 saturated heterocycles.